The molecule has 1 rings (SSSR count). The van der Waals surface area contributed by atoms with Crippen LogP contribution in [0.25, 0.3) is 0 Å². The largest absolute Gasteiger partial charge is 0.397 e. The van der Waals surface area contributed by atoms with Crippen molar-refractivity contribution in [2.24, 2.45) is 0 Å². The minimum atomic E-state index is -5.08. The van der Waals surface area contributed by atoms with Crippen molar-refractivity contribution in [3.05, 3.63) is 12.2 Å². The summed E-state index contributed by atoms with van der Waals surface area (Å²) in [5, 5.41) is 45.1. The van der Waals surface area contributed by atoms with E-state index in [0.717, 1.165) is 51.4 Å². The Hall–Kier alpha value is -1.16. The zero-order valence-corrected chi connectivity index (χ0v) is 44.5. The second-order valence-electron chi connectivity index (χ2n) is 20.2. The number of aliphatic hydroxyl groups excluding tert-OH is 4. The summed E-state index contributed by atoms with van der Waals surface area (Å²) in [6.07, 6.45) is 45.0. The molecule has 0 aromatic carbocycles. The highest BCUT2D eigenvalue weighted by molar-refractivity contribution is 7.80. The Morgan fingerprint density at radius 1 is 0.574 bits per heavy atom. The molecule has 1 aliphatic rings. The van der Waals surface area contributed by atoms with E-state index >= 15 is 0 Å². The maximum absolute atomic E-state index is 13.1. The van der Waals surface area contributed by atoms with Crippen molar-refractivity contribution in [2.45, 2.75) is 320 Å². The van der Waals surface area contributed by atoms with Crippen LogP contribution < -0.4 is 5.32 Å². The highest BCUT2D eigenvalue weighted by atomic mass is 32.3. The number of aliphatic hydroxyl groups is 4. The first-order chi connectivity index (χ1) is 33.0. The molecule has 404 valence electrons. The fourth-order valence-corrected chi connectivity index (χ4v) is 9.91. The van der Waals surface area contributed by atoms with Gasteiger partial charge in [-0.2, -0.15) is 8.42 Å². The van der Waals surface area contributed by atoms with Crippen LogP contribution in [0.15, 0.2) is 12.2 Å². The summed E-state index contributed by atoms with van der Waals surface area (Å²) in [6, 6.07) is -0.858. The summed E-state index contributed by atoms with van der Waals surface area (Å²) in [5.41, 5.74) is 0. The average molecular weight is 991 g/mol. The molecule has 7 atom stereocenters. The normalized spacial score (nSPS) is 19.8. The Kier molecular flexibility index (Phi) is 43.6. The number of hydrogen-bond acceptors (Lipinski definition) is 10. The molecule has 0 aliphatic carbocycles. The number of hydrogen-bond donors (Lipinski definition) is 6. The molecule has 68 heavy (non-hydrogen) atoms. The van der Waals surface area contributed by atoms with Gasteiger partial charge >= 0.3 is 10.4 Å². The van der Waals surface area contributed by atoms with Gasteiger partial charge in [0.25, 0.3) is 0 Å². The third-order valence-electron chi connectivity index (χ3n) is 13.8. The zero-order valence-electron chi connectivity index (χ0n) is 43.7. The van der Waals surface area contributed by atoms with Crippen LogP contribution in [0, 0.1) is 0 Å². The number of carbonyl (C=O) groups excluding carboxylic acids is 1. The quantitative estimate of drug-likeness (QED) is 0.0193. The van der Waals surface area contributed by atoms with Gasteiger partial charge in [-0.05, 0) is 38.5 Å². The first-order valence-corrected chi connectivity index (χ1v) is 29.9. The third kappa shape index (κ3) is 37.6. The van der Waals surface area contributed by atoms with Crippen molar-refractivity contribution < 1.29 is 51.8 Å². The van der Waals surface area contributed by atoms with E-state index in [-0.39, 0.29) is 18.9 Å². The van der Waals surface area contributed by atoms with Gasteiger partial charge in [0.2, 0.25) is 5.91 Å². The Bertz CT molecular complexity index is 1260. The number of rotatable bonds is 50. The van der Waals surface area contributed by atoms with E-state index in [0.29, 0.717) is 12.8 Å². The molecular weight excluding hydrogens is 883 g/mol. The Morgan fingerprint density at radius 2 is 0.941 bits per heavy atom. The minimum absolute atomic E-state index is 0.230. The zero-order chi connectivity index (χ0) is 49.8. The van der Waals surface area contributed by atoms with E-state index in [2.05, 4.69) is 35.5 Å². The van der Waals surface area contributed by atoms with Crippen molar-refractivity contribution >= 4 is 16.3 Å². The fourth-order valence-electron chi connectivity index (χ4n) is 9.40. The van der Waals surface area contributed by atoms with E-state index < -0.39 is 59.9 Å². The van der Waals surface area contributed by atoms with Crippen molar-refractivity contribution in [3.63, 3.8) is 0 Å². The topological polar surface area (TPSA) is 192 Å². The van der Waals surface area contributed by atoms with Crippen LogP contribution in [-0.2, 0) is 28.9 Å². The van der Waals surface area contributed by atoms with Crippen LogP contribution >= 0.6 is 0 Å². The van der Waals surface area contributed by atoms with Crippen LogP contribution in [0.5, 0.6) is 0 Å². The van der Waals surface area contributed by atoms with Crippen LogP contribution in [0.3, 0.4) is 0 Å². The standard InChI is InChI=1S/C55H107NO11S/c1-3-5-7-9-11-13-15-17-19-21-23-24-25-26-27-29-31-33-35-37-39-41-43-45-51(59)56-48(47-65-55-53(61)54(67-68(62,63)64)52(60)50(46-57)66-55)49(58)44-42-40-38-36-34-32-30-28-22-20-18-16-14-12-10-8-6-4-2/h26-27,48-50,52-55,57-58,60-61H,3-25,28-47H2,1-2H3,(H,56,59)(H,62,63,64)/b27-26-. The molecule has 0 spiro atoms. The molecule has 6 N–H and O–H groups in total. The number of carbonyl (C=O) groups is 1. The molecule has 1 amide bonds. The smallest absolute Gasteiger partial charge is 0.394 e. The second-order valence-corrected chi connectivity index (χ2v) is 21.3. The van der Waals surface area contributed by atoms with Crippen molar-refractivity contribution in [2.75, 3.05) is 13.2 Å². The second kappa shape index (κ2) is 45.7. The molecule has 1 aliphatic heterocycles. The molecule has 7 unspecified atom stereocenters. The molecule has 12 nitrogen and oxygen atoms in total. The molecular formula is C55H107NO11S. The minimum Gasteiger partial charge on any atom is -0.394 e. The lowest BCUT2D eigenvalue weighted by Crippen LogP contribution is -2.61. The maximum Gasteiger partial charge on any atom is 0.397 e. The van der Waals surface area contributed by atoms with Crippen molar-refractivity contribution in [1.29, 1.82) is 0 Å². The highest BCUT2D eigenvalue weighted by Crippen LogP contribution is 2.26. The van der Waals surface area contributed by atoms with Gasteiger partial charge < -0.3 is 35.2 Å². The van der Waals surface area contributed by atoms with Gasteiger partial charge in [0.1, 0.15) is 24.4 Å². The van der Waals surface area contributed by atoms with Crippen LogP contribution in [0.2, 0.25) is 0 Å². The monoisotopic (exact) mass is 990 g/mol. The van der Waals surface area contributed by atoms with Crippen LogP contribution in [0.4, 0.5) is 0 Å². The molecule has 0 aromatic rings. The summed E-state index contributed by atoms with van der Waals surface area (Å²) >= 11 is 0. The van der Waals surface area contributed by atoms with E-state index in [4.69, 9.17) is 9.47 Å². The van der Waals surface area contributed by atoms with E-state index in [9.17, 15) is 38.2 Å². The molecule has 13 heteroatoms. The van der Waals surface area contributed by atoms with Gasteiger partial charge in [-0.25, -0.2) is 4.18 Å². The molecule has 1 fully saturated rings. The third-order valence-corrected chi connectivity index (χ3v) is 14.3. The predicted molar refractivity (Wildman–Crippen MR) is 278 cm³/mol. The Balaban J connectivity index is 2.36. The molecule has 0 saturated carbocycles. The van der Waals surface area contributed by atoms with Crippen LogP contribution in [-0.4, -0.2) is 95.4 Å². The summed E-state index contributed by atoms with van der Waals surface area (Å²) in [4.78, 5) is 13.1. The van der Waals surface area contributed by atoms with Crippen molar-refractivity contribution in [3.8, 4) is 0 Å². The van der Waals surface area contributed by atoms with Gasteiger partial charge in [0, 0.05) is 6.42 Å². The molecule has 1 heterocycles. The fraction of sp³-hybridized carbons (Fsp3) is 0.945. The average Bonchev–Trinajstić information content (AvgIpc) is 3.31. The Labute approximate surface area is 417 Å². The first kappa shape index (κ1) is 64.9. The summed E-state index contributed by atoms with van der Waals surface area (Å²) in [5.74, 6) is -0.230. The first-order valence-electron chi connectivity index (χ1n) is 28.6. The van der Waals surface area contributed by atoms with Gasteiger partial charge in [-0.1, -0.05) is 244 Å². The Morgan fingerprint density at radius 3 is 1.32 bits per heavy atom. The summed E-state index contributed by atoms with van der Waals surface area (Å²) in [7, 11) is -5.08. The number of amides is 1. The number of ether oxygens (including phenoxy) is 2. The van der Waals surface area contributed by atoms with Gasteiger partial charge in [-0.3, -0.25) is 9.35 Å². The van der Waals surface area contributed by atoms with Gasteiger partial charge in [-0.15, -0.1) is 0 Å². The lowest BCUT2D eigenvalue weighted by Gasteiger charge is -2.41. The van der Waals surface area contributed by atoms with E-state index in [1.807, 2.05) is 0 Å². The number of unbranched alkanes of at least 4 members (excludes halogenated alkanes) is 36. The molecule has 0 aromatic heterocycles. The number of nitrogens with one attached hydrogen (secondary N) is 1. The lowest BCUT2D eigenvalue weighted by molar-refractivity contribution is -0.298. The van der Waals surface area contributed by atoms with Gasteiger partial charge in [0.15, 0.2) is 6.29 Å². The molecule has 1 saturated heterocycles. The SMILES string of the molecule is CCCCCCCCCCCCCC/C=C\CCCCCCCCCC(=O)NC(COC1OC(CO)C(O)C(OS(=O)(=O)O)C1O)C(O)CCCCCCCCCCCCCCCCCCCC. The highest BCUT2D eigenvalue weighted by Gasteiger charge is 2.48. The van der Waals surface area contributed by atoms with E-state index in [1.165, 1.54) is 193 Å². The van der Waals surface area contributed by atoms with Crippen LogP contribution in [0.1, 0.15) is 277 Å². The van der Waals surface area contributed by atoms with E-state index in [1.54, 1.807) is 0 Å². The molecule has 0 bridgehead atoms. The van der Waals surface area contributed by atoms with Crippen molar-refractivity contribution in [1.82, 2.24) is 5.32 Å². The maximum atomic E-state index is 13.1. The number of allylic oxidation sites excluding steroid dienone is 2. The predicted octanol–water partition coefficient (Wildman–Crippen LogP) is 13.1. The lowest BCUT2D eigenvalue weighted by atomic mass is 9.99. The molecule has 0 radical (unpaired) electrons. The summed E-state index contributed by atoms with van der Waals surface area (Å²) in [6.45, 7) is 3.49. The summed E-state index contributed by atoms with van der Waals surface area (Å²) < 4.78 is 47.9. The van der Waals surface area contributed by atoms with Gasteiger partial charge in [0.05, 0.1) is 25.4 Å².